The third-order valence-corrected chi connectivity index (χ3v) is 4.30. The number of rotatable bonds is 6. The maximum Gasteiger partial charge on any atom is 0.287 e. The lowest BCUT2D eigenvalue weighted by molar-refractivity contribution is 0.0769. The molecule has 0 saturated carbocycles. The molecule has 1 N–H and O–H groups in total. The van der Waals surface area contributed by atoms with E-state index >= 15 is 0 Å². The van der Waals surface area contributed by atoms with Gasteiger partial charge in [0.2, 0.25) is 5.82 Å². The number of aromatic nitrogens is 2. The highest BCUT2D eigenvalue weighted by molar-refractivity contribution is 6.02. The lowest BCUT2D eigenvalue weighted by Gasteiger charge is -2.17. The Kier molecular flexibility index (Phi) is 5.31. The second-order valence-corrected chi connectivity index (χ2v) is 5.89. The quantitative estimate of drug-likeness (QED) is 0.743. The largest absolute Gasteiger partial charge is 0.345 e. The summed E-state index contributed by atoms with van der Waals surface area (Å²) in [5.41, 5.74) is 1.94. The van der Waals surface area contributed by atoms with Gasteiger partial charge in [-0.05, 0) is 31.5 Å². The summed E-state index contributed by atoms with van der Waals surface area (Å²) in [6.45, 7) is 5.44. The Bertz CT molecular complexity index is 914. The molecule has 0 aliphatic heterocycles. The van der Waals surface area contributed by atoms with Gasteiger partial charge in [-0.3, -0.25) is 14.0 Å². The van der Waals surface area contributed by atoms with Crippen molar-refractivity contribution in [2.24, 2.45) is 0 Å². The van der Waals surface area contributed by atoms with Crippen LogP contribution in [0, 0.1) is 0 Å². The molecule has 134 valence electrons. The van der Waals surface area contributed by atoms with Gasteiger partial charge in [-0.2, -0.15) is 0 Å². The second-order valence-electron chi connectivity index (χ2n) is 5.89. The standard InChI is InChI=1S/C20H22N4O2/c1-3-23(4-2)20(26)17-16-12-8-9-13-24(16)18(22-17)19(25)21-14-15-10-6-5-7-11-15/h5-13H,3-4,14H2,1-2H3,(H,21,25). The van der Waals surface area contributed by atoms with Crippen LogP contribution < -0.4 is 5.32 Å². The third kappa shape index (κ3) is 3.44. The lowest BCUT2D eigenvalue weighted by Crippen LogP contribution is -2.31. The highest BCUT2D eigenvalue weighted by Crippen LogP contribution is 2.15. The summed E-state index contributed by atoms with van der Waals surface area (Å²) in [6, 6.07) is 15.1. The van der Waals surface area contributed by atoms with Crippen LogP contribution in [0.15, 0.2) is 54.7 Å². The van der Waals surface area contributed by atoms with Crippen molar-refractivity contribution >= 4 is 17.3 Å². The average Bonchev–Trinajstić information content (AvgIpc) is 3.07. The summed E-state index contributed by atoms with van der Waals surface area (Å²) in [7, 11) is 0. The molecule has 0 fully saturated rings. The number of pyridine rings is 1. The van der Waals surface area contributed by atoms with Crippen molar-refractivity contribution in [3.8, 4) is 0 Å². The lowest BCUT2D eigenvalue weighted by atomic mass is 10.2. The van der Waals surface area contributed by atoms with E-state index in [1.54, 1.807) is 21.6 Å². The van der Waals surface area contributed by atoms with Gasteiger partial charge in [-0.25, -0.2) is 4.98 Å². The zero-order chi connectivity index (χ0) is 18.5. The molecule has 0 saturated heterocycles. The number of nitrogens with one attached hydrogen (secondary N) is 1. The molecule has 0 unspecified atom stereocenters. The highest BCUT2D eigenvalue weighted by atomic mass is 16.2. The van der Waals surface area contributed by atoms with Gasteiger partial charge in [0.15, 0.2) is 5.69 Å². The minimum Gasteiger partial charge on any atom is -0.345 e. The smallest absolute Gasteiger partial charge is 0.287 e. The minimum atomic E-state index is -0.311. The van der Waals surface area contributed by atoms with Gasteiger partial charge in [0, 0.05) is 25.8 Å². The fourth-order valence-corrected chi connectivity index (χ4v) is 2.87. The van der Waals surface area contributed by atoms with Gasteiger partial charge in [0.25, 0.3) is 11.8 Å². The number of carbonyl (C=O) groups is 2. The van der Waals surface area contributed by atoms with Gasteiger partial charge >= 0.3 is 0 Å². The van der Waals surface area contributed by atoms with Crippen LogP contribution in [-0.2, 0) is 6.54 Å². The Morgan fingerprint density at radius 1 is 1.04 bits per heavy atom. The number of fused-ring (bicyclic) bond motifs is 1. The van der Waals surface area contributed by atoms with Crippen molar-refractivity contribution < 1.29 is 9.59 Å². The highest BCUT2D eigenvalue weighted by Gasteiger charge is 2.23. The first-order chi connectivity index (χ1) is 12.7. The summed E-state index contributed by atoms with van der Waals surface area (Å²) in [5, 5.41) is 2.87. The molecule has 3 aromatic rings. The van der Waals surface area contributed by atoms with Gasteiger partial charge in [-0.1, -0.05) is 36.4 Å². The zero-order valence-corrected chi connectivity index (χ0v) is 15.0. The van der Waals surface area contributed by atoms with Crippen LogP contribution in [-0.4, -0.2) is 39.2 Å². The molecule has 0 radical (unpaired) electrons. The summed E-state index contributed by atoms with van der Waals surface area (Å²) in [5.74, 6) is -0.263. The zero-order valence-electron chi connectivity index (χ0n) is 15.0. The van der Waals surface area contributed by atoms with Crippen molar-refractivity contribution in [1.29, 1.82) is 0 Å². The molecule has 0 bridgehead atoms. The Morgan fingerprint density at radius 3 is 2.42 bits per heavy atom. The molecule has 0 atom stereocenters. The maximum absolute atomic E-state index is 12.8. The van der Waals surface area contributed by atoms with Gasteiger partial charge in [0.1, 0.15) is 0 Å². The molecule has 1 aromatic carbocycles. The van der Waals surface area contributed by atoms with Crippen LogP contribution in [0.1, 0.15) is 40.5 Å². The van der Waals surface area contributed by atoms with Crippen LogP contribution in [0.4, 0.5) is 0 Å². The summed E-state index contributed by atoms with van der Waals surface area (Å²) in [6.07, 6.45) is 1.75. The third-order valence-electron chi connectivity index (χ3n) is 4.30. The van der Waals surface area contributed by atoms with E-state index < -0.39 is 0 Å². The monoisotopic (exact) mass is 350 g/mol. The number of nitrogens with zero attached hydrogens (tertiary/aromatic N) is 3. The molecule has 6 heteroatoms. The topological polar surface area (TPSA) is 66.7 Å². The number of amides is 2. The van der Waals surface area contributed by atoms with Crippen LogP contribution in [0.2, 0.25) is 0 Å². The van der Waals surface area contributed by atoms with Crippen LogP contribution in [0.3, 0.4) is 0 Å². The van der Waals surface area contributed by atoms with Crippen molar-refractivity contribution in [3.63, 3.8) is 0 Å². The average molecular weight is 350 g/mol. The van der Waals surface area contributed by atoms with E-state index in [0.717, 1.165) is 5.56 Å². The van der Waals surface area contributed by atoms with Crippen molar-refractivity contribution in [2.75, 3.05) is 13.1 Å². The summed E-state index contributed by atoms with van der Waals surface area (Å²) >= 11 is 0. The van der Waals surface area contributed by atoms with Gasteiger partial charge < -0.3 is 10.2 Å². The molecule has 0 spiro atoms. The number of benzene rings is 1. The number of hydrogen-bond acceptors (Lipinski definition) is 3. The molecule has 6 nitrogen and oxygen atoms in total. The number of carbonyl (C=O) groups excluding carboxylic acids is 2. The summed E-state index contributed by atoms with van der Waals surface area (Å²) in [4.78, 5) is 31.5. The van der Waals surface area contributed by atoms with Crippen LogP contribution in [0.5, 0.6) is 0 Å². The van der Waals surface area contributed by atoms with Gasteiger partial charge in [0.05, 0.1) is 5.52 Å². The first-order valence-corrected chi connectivity index (χ1v) is 8.74. The van der Waals surface area contributed by atoms with Gasteiger partial charge in [-0.15, -0.1) is 0 Å². The Morgan fingerprint density at radius 2 is 1.73 bits per heavy atom. The van der Waals surface area contributed by atoms with Crippen LogP contribution >= 0.6 is 0 Å². The maximum atomic E-state index is 12.8. The molecule has 0 aliphatic carbocycles. The SMILES string of the molecule is CCN(CC)C(=O)c1nc(C(=O)NCc2ccccc2)n2ccccc12. The van der Waals surface area contributed by atoms with Crippen molar-refractivity contribution in [2.45, 2.75) is 20.4 Å². The fourth-order valence-electron chi connectivity index (χ4n) is 2.87. The second kappa shape index (κ2) is 7.82. The molecule has 3 rings (SSSR count). The molecule has 26 heavy (non-hydrogen) atoms. The van der Waals surface area contributed by atoms with E-state index in [2.05, 4.69) is 10.3 Å². The Labute approximate surface area is 152 Å². The van der Waals surface area contributed by atoms with E-state index in [1.165, 1.54) is 0 Å². The summed E-state index contributed by atoms with van der Waals surface area (Å²) < 4.78 is 1.66. The first kappa shape index (κ1) is 17.7. The molecular formula is C20H22N4O2. The normalized spacial score (nSPS) is 10.7. The Balaban J connectivity index is 1.91. The minimum absolute atomic E-state index is 0.166. The van der Waals surface area contributed by atoms with E-state index in [0.29, 0.717) is 30.8 Å². The van der Waals surface area contributed by atoms with E-state index in [-0.39, 0.29) is 17.6 Å². The predicted molar refractivity (Wildman–Crippen MR) is 100 cm³/mol. The fraction of sp³-hybridized carbons (Fsp3) is 0.250. The molecular weight excluding hydrogens is 328 g/mol. The van der Waals surface area contributed by atoms with Crippen molar-refractivity contribution in [3.05, 3.63) is 71.8 Å². The molecule has 2 heterocycles. The van der Waals surface area contributed by atoms with E-state index in [1.807, 2.05) is 56.3 Å². The van der Waals surface area contributed by atoms with E-state index in [4.69, 9.17) is 0 Å². The first-order valence-electron chi connectivity index (χ1n) is 8.74. The predicted octanol–water partition coefficient (Wildman–Crippen LogP) is 2.75. The van der Waals surface area contributed by atoms with Crippen molar-refractivity contribution in [1.82, 2.24) is 19.6 Å². The molecule has 0 aliphatic rings. The van der Waals surface area contributed by atoms with Crippen LogP contribution in [0.25, 0.3) is 5.52 Å². The Hall–Kier alpha value is -3.15. The number of hydrogen-bond donors (Lipinski definition) is 1. The molecule has 2 amide bonds. The number of imidazole rings is 1. The van der Waals surface area contributed by atoms with E-state index in [9.17, 15) is 9.59 Å². The molecule has 2 aromatic heterocycles.